The Morgan fingerprint density at radius 1 is 1.06 bits per heavy atom. The zero-order chi connectivity index (χ0) is 23.0. The van der Waals surface area contributed by atoms with Gasteiger partial charge in [-0.2, -0.15) is 0 Å². The predicted octanol–water partition coefficient (Wildman–Crippen LogP) is 3.83. The van der Waals surface area contributed by atoms with Gasteiger partial charge >= 0.3 is 0 Å². The number of carbonyl (C=O) groups is 1. The summed E-state index contributed by atoms with van der Waals surface area (Å²) in [4.78, 5) is 21.8. The van der Waals surface area contributed by atoms with E-state index >= 15 is 0 Å². The number of ether oxygens (including phenoxy) is 2. The lowest BCUT2D eigenvalue weighted by atomic mass is 10.1. The van der Waals surface area contributed by atoms with Crippen molar-refractivity contribution >= 4 is 5.91 Å². The number of amides is 1. The molecular weight excluding hydrogens is 414 g/mol. The van der Waals surface area contributed by atoms with E-state index in [0.717, 1.165) is 30.1 Å². The molecule has 0 bridgehead atoms. The van der Waals surface area contributed by atoms with Crippen LogP contribution in [0.25, 0.3) is 0 Å². The lowest BCUT2D eigenvalue weighted by molar-refractivity contribution is -0.0247. The normalized spacial score (nSPS) is 16.1. The lowest BCUT2D eigenvalue weighted by Gasteiger charge is -2.33. The summed E-state index contributed by atoms with van der Waals surface area (Å²) in [6.45, 7) is 3.01. The number of likely N-dealkylation sites (N-methyl/N-ethyl adjacent to an activating group) is 1. The van der Waals surface area contributed by atoms with E-state index in [4.69, 9.17) is 14.5 Å². The number of benzene rings is 2. The molecule has 0 N–H and O–H groups in total. The van der Waals surface area contributed by atoms with Crippen LogP contribution in [0.1, 0.15) is 33.4 Å². The maximum atomic E-state index is 13.1. The topological polar surface area (TPSA) is 54.9 Å². The number of rotatable bonds is 8. The van der Waals surface area contributed by atoms with Crippen molar-refractivity contribution in [3.8, 4) is 5.75 Å². The number of hydrogen-bond acceptors (Lipinski definition) is 5. The minimum atomic E-state index is -0.230. The second-order valence-corrected chi connectivity index (χ2v) is 8.50. The van der Waals surface area contributed by atoms with Crippen LogP contribution in [0.5, 0.6) is 5.75 Å². The molecule has 1 aliphatic rings. The molecule has 1 aliphatic heterocycles. The van der Waals surface area contributed by atoms with Crippen molar-refractivity contribution in [2.75, 3.05) is 46.9 Å². The number of carbonyl (C=O) groups excluding carboxylic acids is 1. The number of nitrogens with zero attached hydrogens (tertiary/aromatic N) is 3. The Morgan fingerprint density at radius 2 is 1.85 bits per heavy atom. The summed E-state index contributed by atoms with van der Waals surface area (Å²) >= 11 is 0. The summed E-state index contributed by atoms with van der Waals surface area (Å²) in [5, 5.41) is 0. The van der Waals surface area contributed by atoms with Crippen molar-refractivity contribution in [2.24, 2.45) is 0 Å². The molecule has 0 saturated carbocycles. The quantitative estimate of drug-likeness (QED) is 0.528. The molecule has 6 heteroatoms. The van der Waals surface area contributed by atoms with Gasteiger partial charge in [0, 0.05) is 30.8 Å². The number of morpholine rings is 1. The van der Waals surface area contributed by atoms with E-state index in [1.54, 1.807) is 0 Å². The van der Waals surface area contributed by atoms with E-state index in [2.05, 4.69) is 17.0 Å². The van der Waals surface area contributed by atoms with E-state index in [1.807, 2.05) is 79.7 Å². The van der Waals surface area contributed by atoms with Gasteiger partial charge in [0.2, 0.25) is 0 Å². The fraction of sp³-hybridized carbons (Fsp3) is 0.333. The molecule has 1 fully saturated rings. The van der Waals surface area contributed by atoms with Crippen LogP contribution in [-0.4, -0.2) is 67.6 Å². The van der Waals surface area contributed by atoms with Crippen molar-refractivity contribution in [3.05, 3.63) is 95.3 Å². The molecule has 0 radical (unpaired) electrons. The highest BCUT2D eigenvalue weighted by Crippen LogP contribution is 2.23. The van der Waals surface area contributed by atoms with Crippen molar-refractivity contribution < 1.29 is 14.3 Å². The van der Waals surface area contributed by atoms with Crippen molar-refractivity contribution in [1.82, 2.24) is 14.8 Å². The van der Waals surface area contributed by atoms with Crippen molar-refractivity contribution in [1.29, 1.82) is 0 Å². The Hall–Kier alpha value is -3.22. The Kier molecular flexibility index (Phi) is 7.70. The molecule has 2 aromatic carbocycles. The summed E-state index contributed by atoms with van der Waals surface area (Å²) in [7, 11) is 4.02. The van der Waals surface area contributed by atoms with E-state index in [1.165, 1.54) is 5.56 Å². The average Bonchev–Trinajstić information content (AvgIpc) is 2.85. The van der Waals surface area contributed by atoms with Gasteiger partial charge in [-0.25, -0.2) is 0 Å². The van der Waals surface area contributed by atoms with Crippen LogP contribution in [0.15, 0.2) is 72.8 Å². The fourth-order valence-corrected chi connectivity index (χ4v) is 3.82. The minimum Gasteiger partial charge on any atom is -0.492 e. The Morgan fingerprint density at radius 3 is 2.61 bits per heavy atom. The average molecular weight is 446 g/mol. The van der Waals surface area contributed by atoms with Crippen LogP contribution in [0.2, 0.25) is 0 Å². The molecule has 172 valence electrons. The summed E-state index contributed by atoms with van der Waals surface area (Å²) in [6.07, 6.45) is 0.541. The SMILES string of the molecule is CN(C)CCOc1ccc(C(=O)N2CCO[C@@H](c3cccc(Cc4ccccc4)n3)C2)cc1. The zero-order valence-corrected chi connectivity index (χ0v) is 19.3. The van der Waals surface area contributed by atoms with Crippen LogP contribution in [0, 0.1) is 0 Å². The third kappa shape index (κ3) is 6.40. The first-order chi connectivity index (χ1) is 16.1. The number of aromatic nitrogens is 1. The molecule has 4 rings (SSSR count). The first-order valence-electron chi connectivity index (χ1n) is 11.4. The maximum Gasteiger partial charge on any atom is 0.254 e. The summed E-state index contributed by atoms with van der Waals surface area (Å²) in [5.41, 5.74) is 3.74. The Balaban J connectivity index is 1.38. The van der Waals surface area contributed by atoms with Gasteiger partial charge in [-0.3, -0.25) is 9.78 Å². The standard InChI is InChI=1S/C27H31N3O3/c1-29(2)15-17-32-24-13-11-22(12-14-24)27(31)30-16-18-33-26(20-30)25-10-6-9-23(28-25)19-21-7-4-3-5-8-21/h3-14,26H,15-20H2,1-2H3/t26-/m1/s1. The molecule has 3 aromatic rings. The molecule has 1 amide bonds. The van der Waals surface area contributed by atoms with Crippen LogP contribution in [0.3, 0.4) is 0 Å². The molecule has 6 nitrogen and oxygen atoms in total. The molecule has 1 atom stereocenters. The molecule has 0 aliphatic carbocycles. The van der Waals surface area contributed by atoms with Crippen molar-refractivity contribution in [2.45, 2.75) is 12.5 Å². The summed E-state index contributed by atoms with van der Waals surface area (Å²) in [5.74, 6) is 0.774. The summed E-state index contributed by atoms with van der Waals surface area (Å²) < 4.78 is 11.7. The van der Waals surface area contributed by atoms with E-state index < -0.39 is 0 Å². The van der Waals surface area contributed by atoms with E-state index in [9.17, 15) is 4.79 Å². The lowest BCUT2D eigenvalue weighted by Crippen LogP contribution is -2.42. The zero-order valence-electron chi connectivity index (χ0n) is 19.3. The van der Waals surface area contributed by atoms with Gasteiger partial charge in [0.1, 0.15) is 18.5 Å². The first-order valence-corrected chi connectivity index (χ1v) is 11.4. The van der Waals surface area contributed by atoms with Gasteiger partial charge in [-0.05, 0) is 56.1 Å². The van der Waals surface area contributed by atoms with Gasteiger partial charge in [0.05, 0.1) is 18.8 Å². The van der Waals surface area contributed by atoms with Gasteiger partial charge in [-0.1, -0.05) is 36.4 Å². The van der Waals surface area contributed by atoms with Gasteiger partial charge < -0.3 is 19.3 Å². The highest BCUT2D eigenvalue weighted by atomic mass is 16.5. The molecule has 33 heavy (non-hydrogen) atoms. The van der Waals surface area contributed by atoms with E-state index in [0.29, 0.717) is 31.9 Å². The fourth-order valence-electron chi connectivity index (χ4n) is 3.82. The molecule has 1 saturated heterocycles. The number of hydrogen-bond donors (Lipinski definition) is 0. The maximum absolute atomic E-state index is 13.1. The predicted molar refractivity (Wildman–Crippen MR) is 129 cm³/mol. The van der Waals surface area contributed by atoms with Gasteiger partial charge in [-0.15, -0.1) is 0 Å². The monoisotopic (exact) mass is 445 g/mol. The molecule has 0 unspecified atom stereocenters. The molecular formula is C27H31N3O3. The second kappa shape index (κ2) is 11.1. The van der Waals surface area contributed by atoms with Crippen LogP contribution in [0.4, 0.5) is 0 Å². The van der Waals surface area contributed by atoms with Crippen LogP contribution >= 0.6 is 0 Å². The largest absolute Gasteiger partial charge is 0.492 e. The minimum absolute atomic E-state index is 0.00332. The third-order valence-corrected chi connectivity index (χ3v) is 5.65. The molecule has 1 aromatic heterocycles. The van der Waals surface area contributed by atoms with Gasteiger partial charge in [0.15, 0.2) is 0 Å². The van der Waals surface area contributed by atoms with Crippen molar-refractivity contribution in [3.63, 3.8) is 0 Å². The Labute approximate surface area is 195 Å². The Bertz CT molecular complexity index is 1040. The van der Waals surface area contributed by atoms with Gasteiger partial charge in [0.25, 0.3) is 5.91 Å². The number of pyridine rings is 1. The smallest absolute Gasteiger partial charge is 0.254 e. The molecule has 0 spiro atoms. The third-order valence-electron chi connectivity index (χ3n) is 5.65. The second-order valence-electron chi connectivity index (χ2n) is 8.50. The first kappa shape index (κ1) is 23.0. The van der Waals surface area contributed by atoms with Crippen LogP contribution < -0.4 is 4.74 Å². The molecule has 2 heterocycles. The summed E-state index contributed by atoms with van der Waals surface area (Å²) in [6, 6.07) is 23.7. The van der Waals surface area contributed by atoms with E-state index in [-0.39, 0.29) is 12.0 Å². The van der Waals surface area contributed by atoms with Crippen LogP contribution in [-0.2, 0) is 11.2 Å². The highest BCUT2D eigenvalue weighted by molar-refractivity contribution is 5.94. The highest BCUT2D eigenvalue weighted by Gasteiger charge is 2.27.